The number of carbonyl (C=O) groups excluding carboxylic acids is 2. The number of likely N-dealkylation sites (tertiary alicyclic amines) is 2. The molecule has 164 valence electrons. The van der Waals surface area contributed by atoms with E-state index in [0.717, 1.165) is 51.9 Å². The smallest absolute Gasteiger partial charge is 0.410 e. The molecule has 8 heteroatoms. The van der Waals surface area contributed by atoms with Crippen LogP contribution in [0.2, 0.25) is 0 Å². The van der Waals surface area contributed by atoms with Gasteiger partial charge in [0.25, 0.3) is 0 Å². The lowest BCUT2D eigenvalue weighted by atomic mass is 10.1. The zero-order chi connectivity index (χ0) is 21.5. The molecule has 0 aromatic carbocycles. The standard InChI is InChI=1S/2C10H20N2O2/c2*1-10(2,3)14-9(13)12-6-4-8(11)5-7-12/h2*8H,4-7,11H2,1-3H3. The Balaban J connectivity index is 0.000000280. The summed E-state index contributed by atoms with van der Waals surface area (Å²) in [7, 11) is 0. The van der Waals surface area contributed by atoms with Crippen LogP contribution >= 0.6 is 0 Å². The SMILES string of the molecule is CC(C)(C)OC(=O)N1CCC(N)CC1.CC(C)(C)OC(=O)N1CCC(N)CC1. The molecule has 0 aliphatic carbocycles. The molecule has 4 N–H and O–H groups in total. The van der Waals surface area contributed by atoms with Gasteiger partial charge in [-0.2, -0.15) is 0 Å². The van der Waals surface area contributed by atoms with E-state index in [0.29, 0.717) is 0 Å². The number of carbonyl (C=O) groups is 2. The van der Waals surface area contributed by atoms with Crippen LogP contribution in [0, 0.1) is 0 Å². The Kier molecular flexibility index (Phi) is 9.01. The fourth-order valence-corrected chi connectivity index (χ4v) is 2.82. The summed E-state index contributed by atoms with van der Waals surface area (Å²) in [6.45, 7) is 14.1. The normalized spacial score (nSPS) is 19.6. The van der Waals surface area contributed by atoms with Gasteiger partial charge in [0.1, 0.15) is 11.2 Å². The highest BCUT2D eigenvalue weighted by molar-refractivity contribution is 5.68. The Bertz CT molecular complexity index is 451. The summed E-state index contributed by atoms with van der Waals surface area (Å²) in [5, 5.41) is 0. The van der Waals surface area contributed by atoms with Crippen LogP contribution in [0.4, 0.5) is 9.59 Å². The second-order valence-corrected chi connectivity index (χ2v) is 9.61. The number of piperidine rings is 2. The Labute approximate surface area is 169 Å². The van der Waals surface area contributed by atoms with Crippen molar-refractivity contribution in [1.29, 1.82) is 0 Å². The maximum Gasteiger partial charge on any atom is 0.410 e. The molecule has 0 radical (unpaired) electrons. The minimum atomic E-state index is -0.406. The first-order chi connectivity index (χ1) is 12.8. The maximum atomic E-state index is 11.6. The zero-order valence-corrected chi connectivity index (χ0v) is 18.5. The highest BCUT2D eigenvalue weighted by Crippen LogP contribution is 2.15. The predicted molar refractivity (Wildman–Crippen MR) is 110 cm³/mol. The van der Waals surface area contributed by atoms with E-state index in [-0.39, 0.29) is 24.3 Å². The number of hydrogen-bond acceptors (Lipinski definition) is 6. The molecule has 0 aromatic rings. The van der Waals surface area contributed by atoms with Gasteiger partial charge in [0.05, 0.1) is 0 Å². The third-order valence-electron chi connectivity index (χ3n) is 4.38. The van der Waals surface area contributed by atoms with Crippen molar-refractivity contribution >= 4 is 12.2 Å². The molecule has 2 aliphatic heterocycles. The molecule has 2 aliphatic rings. The highest BCUT2D eigenvalue weighted by Gasteiger charge is 2.26. The van der Waals surface area contributed by atoms with Crippen molar-refractivity contribution in [2.45, 2.75) is 90.5 Å². The minimum Gasteiger partial charge on any atom is -0.444 e. The summed E-state index contributed by atoms with van der Waals surface area (Å²) >= 11 is 0. The van der Waals surface area contributed by atoms with Gasteiger partial charge in [-0.1, -0.05) is 0 Å². The second-order valence-electron chi connectivity index (χ2n) is 9.61. The van der Waals surface area contributed by atoms with Crippen molar-refractivity contribution in [2.24, 2.45) is 11.5 Å². The van der Waals surface area contributed by atoms with Gasteiger partial charge in [0, 0.05) is 38.3 Å². The molecule has 2 rings (SSSR count). The van der Waals surface area contributed by atoms with Crippen LogP contribution in [0.3, 0.4) is 0 Å². The topological polar surface area (TPSA) is 111 Å². The molecular formula is C20H40N4O4. The van der Waals surface area contributed by atoms with E-state index in [1.807, 2.05) is 41.5 Å². The van der Waals surface area contributed by atoms with E-state index in [4.69, 9.17) is 20.9 Å². The van der Waals surface area contributed by atoms with Crippen LogP contribution < -0.4 is 11.5 Å². The summed E-state index contributed by atoms with van der Waals surface area (Å²) in [6, 6.07) is 0.488. The molecule has 2 saturated heterocycles. The molecule has 2 heterocycles. The molecule has 8 nitrogen and oxygen atoms in total. The van der Waals surface area contributed by atoms with Gasteiger partial charge >= 0.3 is 12.2 Å². The number of ether oxygens (including phenoxy) is 2. The van der Waals surface area contributed by atoms with Gasteiger partial charge in [0.15, 0.2) is 0 Å². The Morgan fingerprint density at radius 2 is 0.929 bits per heavy atom. The average molecular weight is 401 g/mol. The average Bonchev–Trinajstić information content (AvgIpc) is 2.53. The van der Waals surface area contributed by atoms with E-state index in [1.165, 1.54) is 0 Å². The zero-order valence-electron chi connectivity index (χ0n) is 18.5. The van der Waals surface area contributed by atoms with Crippen LogP contribution in [0.15, 0.2) is 0 Å². The van der Waals surface area contributed by atoms with Crippen LogP contribution in [0.25, 0.3) is 0 Å². The molecular weight excluding hydrogens is 360 g/mol. The highest BCUT2D eigenvalue weighted by atomic mass is 16.6. The van der Waals surface area contributed by atoms with Crippen LogP contribution in [0.1, 0.15) is 67.2 Å². The molecule has 0 bridgehead atoms. The first-order valence-electron chi connectivity index (χ1n) is 10.2. The lowest BCUT2D eigenvalue weighted by Gasteiger charge is -2.32. The first kappa shape index (κ1) is 24.5. The van der Waals surface area contributed by atoms with E-state index >= 15 is 0 Å². The monoisotopic (exact) mass is 400 g/mol. The Morgan fingerprint density at radius 1 is 0.679 bits per heavy atom. The van der Waals surface area contributed by atoms with Crippen molar-refractivity contribution in [3.05, 3.63) is 0 Å². The second kappa shape index (κ2) is 10.3. The first-order valence-corrected chi connectivity index (χ1v) is 10.2. The lowest BCUT2D eigenvalue weighted by Crippen LogP contribution is -2.44. The quantitative estimate of drug-likeness (QED) is 0.647. The summed E-state index contributed by atoms with van der Waals surface area (Å²) in [6.07, 6.45) is 3.06. The van der Waals surface area contributed by atoms with Crippen LogP contribution in [0.5, 0.6) is 0 Å². The molecule has 0 saturated carbocycles. The van der Waals surface area contributed by atoms with Crippen LogP contribution in [-0.2, 0) is 9.47 Å². The predicted octanol–water partition coefficient (Wildman–Crippen LogP) is 2.69. The molecule has 2 amide bonds. The van der Waals surface area contributed by atoms with Gasteiger partial charge in [-0.25, -0.2) is 9.59 Å². The van der Waals surface area contributed by atoms with E-state index in [9.17, 15) is 9.59 Å². The number of amides is 2. The Morgan fingerprint density at radius 3 is 1.14 bits per heavy atom. The molecule has 2 fully saturated rings. The van der Waals surface area contributed by atoms with Crippen LogP contribution in [-0.4, -0.2) is 71.5 Å². The molecule has 0 atom stereocenters. The van der Waals surface area contributed by atoms with Gasteiger partial charge in [-0.3, -0.25) is 0 Å². The fourth-order valence-electron chi connectivity index (χ4n) is 2.82. The number of hydrogen-bond donors (Lipinski definition) is 2. The third kappa shape index (κ3) is 10.1. The largest absolute Gasteiger partial charge is 0.444 e. The van der Waals surface area contributed by atoms with E-state index < -0.39 is 11.2 Å². The molecule has 28 heavy (non-hydrogen) atoms. The maximum absolute atomic E-state index is 11.6. The number of nitrogens with zero attached hydrogens (tertiary/aromatic N) is 2. The van der Waals surface area contributed by atoms with Crippen molar-refractivity contribution in [1.82, 2.24) is 9.80 Å². The molecule has 0 spiro atoms. The summed E-state index contributed by atoms with van der Waals surface area (Å²) in [4.78, 5) is 26.6. The van der Waals surface area contributed by atoms with E-state index in [2.05, 4.69) is 0 Å². The number of nitrogens with two attached hydrogens (primary N) is 2. The van der Waals surface area contributed by atoms with E-state index in [1.54, 1.807) is 9.80 Å². The Hall–Kier alpha value is -1.54. The summed E-state index contributed by atoms with van der Waals surface area (Å²) < 4.78 is 10.5. The summed E-state index contributed by atoms with van der Waals surface area (Å²) in [5.74, 6) is 0. The van der Waals surface area contributed by atoms with Crippen molar-refractivity contribution in [3.63, 3.8) is 0 Å². The van der Waals surface area contributed by atoms with Gasteiger partial charge in [0.2, 0.25) is 0 Å². The molecule has 0 unspecified atom stereocenters. The third-order valence-corrected chi connectivity index (χ3v) is 4.38. The van der Waals surface area contributed by atoms with Crippen molar-refractivity contribution in [3.8, 4) is 0 Å². The lowest BCUT2D eigenvalue weighted by molar-refractivity contribution is 0.0196. The van der Waals surface area contributed by atoms with Crippen molar-refractivity contribution < 1.29 is 19.1 Å². The number of rotatable bonds is 0. The van der Waals surface area contributed by atoms with Crippen molar-refractivity contribution in [2.75, 3.05) is 26.2 Å². The van der Waals surface area contributed by atoms with Gasteiger partial charge < -0.3 is 30.7 Å². The minimum absolute atomic E-state index is 0.218. The fraction of sp³-hybridized carbons (Fsp3) is 0.900. The molecule has 0 aromatic heterocycles. The van der Waals surface area contributed by atoms with Gasteiger partial charge in [-0.15, -0.1) is 0 Å². The summed E-state index contributed by atoms with van der Waals surface area (Å²) in [5.41, 5.74) is 10.7. The van der Waals surface area contributed by atoms with Gasteiger partial charge in [-0.05, 0) is 67.2 Å².